The summed E-state index contributed by atoms with van der Waals surface area (Å²) < 4.78 is 0. The standard InChI is InChI=1S/C21H28N2/c1-16(2)11-18-7-5-9-20(13-18)15-22-23-21-10-6-8-19(14-21)12-17(3)4/h5-10,13-14,16-17H,11-12,15H2,1-4H3. The van der Waals surface area contributed by atoms with Crippen molar-refractivity contribution in [2.75, 3.05) is 0 Å². The fraction of sp³-hybridized carbons (Fsp3) is 0.429. The van der Waals surface area contributed by atoms with E-state index in [0.29, 0.717) is 18.4 Å². The zero-order valence-corrected chi connectivity index (χ0v) is 14.8. The van der Waals surface area contributed by atoms with Gasteiger partial charge in [-0.3, -0.25) is 0 Å². The van der Waals surface area contributed by atoms with Crippen molar-refractivity contribution in [1.82, 2.24) is 0 Å². The molecule has 0 saturated heterocycles. The second kappa shape index (κ2) is 8.61. The molecule has 0 spiro atoms. The molecule has 0 aliphatic heterocycles. The van der Waals surface area contributed by atoms with Crippen LogP contribution in [0, 0.1) is 11.8 Å². The lowest BCUT2D eigenvalue weighted by atomic mass is 10.0. The Bertz CT molecular complexity index is 642. The first-order valence-electron chi connectivity index (χ1n) is 8.57. The van der Waals surface area contributed by atoms with E-state index in [4.69, 9.17) is 0 Å². The molecule has 122 valence electrons. The maximum absolute atomic E-state index is 4.39. The fourth-order valence-corrected chi connectivity index (χ4v) is 2.74. The molecule has 2 rings (SSSR count). The lowest BCUT2D eigenvalue weighted by Crippen LogP contribution is -1.94. The maximum atomic E-state index is 4.39. The minimum absolute atomic E-state index is 0.639. The van der Waals surface area contributed by atoms with Gasteiger partial charge in [-0.2, -0.15) is 10.2 Å². The summed E-state index contributed by atoms with van der Waals surface area (Å²) in [7, 11) is 0. The number of nitrogens with zero attached hydrogens (tertiary/aromatic N) is 2. The van der Waals surface area contributed by atoms with Gasteiger partial charge in [0, 0.05) is 0 Å². The molecule has 0 aromatic heterocycles. The van der Waals surface area contributed by atoms with Crippen LogP contribution in [0.2, 0.25) is 0 Å². The summed E-state index contributed by atoms with van der Waals surface area (Å²) in [6, 6.07) is 17.1. The number of azo groups is 1. The summed E-state index contributed by atoms with van der Waals surface area (Å²) in [5.74, 6) is 1.33. The van der Waals surface area contributed by atoms with Gasteiger partial charge in [0.15, 0.2) is 0 Å². The van der Waals surface area contributed by atoms with Crippen LogP contribution in [0.4, 0.5) is 5.69 Å². The first-order valence-corrected chi connectivity index (χ1v) is 8.57. The molecule has 23 heavy (non-hydrogen) atoms. The van der Waals surface area contributed by atoms with Gasteiger partial charge in [-0.1, -0.05) is 64.1 Å². The van der Waals surface area contributed by atoms with Crippen molar-refractivity contribution in [1.29, 1.82) is 0 Å². The highest BCUT2D eigenvalue weighted by molar-refractivity contribution is 5.39. The van der Waals surface area contributed by atoms with Crippen LogP contribution in [0.3, 0.4) is 0 Å². The zero-order chi connectivity index (χ0) is 16.7. The van der Waals surface area contributed by atoms with Gasteiger partial charge in [-0.25, -0.2) is 0 Å². The Balaban J connectivity index is 1.99. The van der Waals surface area contributed by atoms with Crippen molar-refractivity contribution in [2.24, 2.45) is 22.1 Å². The first kappa shape index (κ1) is 17.4. The predicted molar refractivity (Wildman–Crippen MR) is 98.2 cm³/mol. The van der Waals surface area contributed by atoms with Gasteiger partial charge in [0.2, 0.25) is 0 Å². The first-order chi connectivity index (χ1) is 11.0. The molecular formula is C21H28N2. The molecule has 0 bridgehead atoms. The van der Waals surface area contributed by atoms with E-state index in [0.717, 1.165) is 18.5 Å². The normalized spacial score (nSPS) is 11.7. The van der Waals surface area contributed by atoms with Crippen molar-refractivity contribution in [3.63, 3.8) is 0 Å². The molecule has 0 radical (unpaired) electrons. The SMILES string of the molecule is CC(C)Cc1cccc(CN=Nc2cccc(CC(C)C)c2)c1. The Hall–Kier alpha value is -1.96. The average Bonchev–Trinajstić information content (AvgIpc) is 2.46. The van der Waals surface area contributed by atoms with E-state index in [2.05, 4.69) is 80.4 Å². The molecule has 0 aliphatic carbocycles. The number of hydrogen-bond acceptors (Lipinski definition) is 2. The highest BCUT2D eigenvalue weighted by Crippen LogP contribution is 2.18. The highest BCUT2D eigenvalue weighted by Gasteiger charge is 2.00. The van der Waals surface area contributed by atoms with Crippen LogP contribution in [0.5, 0.6) is 0 Å². The topological polar surface area (TPSA) is 24.7 Å². The van der Waals surface area contributed by atoms with Crippen LogP contribution in [-0.2, 0) is 19.4 Å². The Morgan fingerprint density at radius 2 is 1.30 bits per heavy atom. The number of hydrogen-bond donors (Lipinski definition) is 0. The van der Waals surface area contributed by atoms with Crippen molar-refractivity contribution in [3.05, 3.63) is 65.2 Å². The minimum atomic E-state index is 0.639. The second-order valence-electron chi connectivity index (χ2n) is 7.09. The van der Waals surface area contributed by atoms with E-state index >= 15 is 0 Å². The van der Waals surface area contributed by atoms with Crippen molar-refractivity contribution >= 4 is 5.69 Å². The number of benzene rings is 2. The quantitative estimate of drug-likeness (QED) is 0.531. The van der Waals surface area contributed by atoms with Crippen LogP contribution in [-0.4, -0.2) is 0 Å². The molecule has 0 heterocycles. The molecule has 0 aliphatic rings. The summed E-state index contributed by atoms with van der Waals surface area (Å²) in [5, 5.41) is 8.76. The molecule has 0 atom stereocenters. The third kappa shape index (κ3) is 6.35. The van der Waals surface area contributed by atoms with Crippen molar-refractivity contribution in [3.8, 4) is 0 Å². The smallest absolute Gasteiger partial charge is 0.0855 e. The van der Waals surface area contributed by atoms with Crippen LogP contribution in [0.15, 0.2) is 58.8 Å². The largest absolute Gasteiger partial charge is 0.184 e. The van der Waals surface area contributed by atoms with Crippen LogP contribution < -0.4 is 0 Å². The predicted octanol–water partition coefficient (Wildman–Crippen LogP) is 6.37. The summed E-state index contributed by atoms with van der Waals surface area (Å²) in [6.45, 7) is 9.60. The molecule has 2 aromatic carbocycles. The van der Waals surface area contributed by atoms with Gasteiger partial charge in [-0.05, 0) is 53.5 Å². The van der Waals surface area contributed by atoms with E-state index in [9.17, 15) is 0 Å². The van der Waals surface area contributed by atoms with Crippen LogP contribution in [0.1, 0.15) is 44.4 Å². The Morgan fingerprint density at radius 3 is 1.96 bits per heavy atom. The lowest BCUT2D eigenvalue weighted by molar-refractivity contribution is 0.646. The zero-order valence-electron chi connectivity index (χ0n) is 14.8. The summed E-state index contributed by atoms with van der Waals surface area (Å²) >= 11 is 0. The van der Waals surface area contributed by atoms with E-state index in [1.54, 1.807) is 0 Å². The van der Waals surface area contributed by atoms with E-state index in [1.807, 2.05) is 6.07 Å². The maximum Gasteiger partial charge on any atom is 0.0855 e. The monoisotopic (exact) mass is 308 g/mol. The van der Waals surface area contributed by atoms with Gasteiger partial charge in [0.1, 0.15) is 0 Å². The average molecular weight is 308 g/mol. The summed E-state index contributed by atoms with van der Waals surface area (Å²) in [4.78, 5) is 0. The third-order valence-corrected chi connectivity index (χ3v) is 3.63. The van der Waals surface area contributed by atoms with E-state index < -0.39 is 0 Å². The van der Waals surface area contributed by atoms with Gasteiger partial charge in [0.25, 0.3) is 0 Å². The Labute approximate surface area is 140 Å². The van der Waals surface area contributed by atoms with E-state index in [1.165, 1.54) is 16.7 Å². The molecule has 0 saturated carbocycles. The number of rotatable bonds is 7. The van der Waals surface area contributed by atoms with E-state index in [-0.39, 0.29) is 0 Å². The van der Waals surface area contributed by atoms with Crippen molar-refractivity contribution < 1.29 is 0 Å². The molecule has 0 unspecified atom stereocenters. The molecule has 0 fully saturated rings. The third-order valence-electron chi connectivity index (χ3n) is 3.63. The molecule has 2 nitrogen and oxygen atoms in total. The van der Waals surface area contributed by atoms with Crippen molar-refractivity contribution in [2.45, 2.75) is 47.1 Å². The minimum Gasteiger partial charge on any atom is -0.184 e. The second-order valence-corrected chi connectivity index (χ2v) is 7.09. The van der Waals surface area contributed by atoms with Gasteiger partial charge in [-0.15, -0.1) is 0 Å². The Kier molecular flexibility index (Phi) is 6.52. The Morgan fingerprint density at radius 1 is 0.739 bits per heavy atom. The lowest BCUT2D eigenvalue weighted by Gasteiger charge is -2.06. The summed E-state index contributed by atoms with van der Waals surface area (Å²) in [5.41, 5.74) is 4.88. The fourth-order valence-electron chi connectivity index (χ4n) is 2.74. The molecule has 0 amide bonds. The highest BCUT2D eigenvalue weighted by atomic mass is 15.1. The summed E-state index contributed by atoms with van der Waals surface area (Å²) in [6.07, 6.45) is 2.20. The molecule has 2 aromatic rings. The molecule has 2 heteroatoms. The van der Waals surface area contributed by atoms with Crippen LogP contribution >= 0.6 is 0 Å². The van der Waals surface area contributed by atoms with Crippen LogP contribution in [0.25, 0.3) is 0 Å². The molecule has 0 N–H and O–H groups in total. The van der Waals surface area contributed by atoms with Gasteiger partial charge in [0.05, 0.1) is 12.2 Å². The van der Waals surface area contributed by atoms with Gasteiger partial charge >= 0.3 is 0 Å². The van der Waals surface area contributed by atoms with Gasteiger partial charge < -0.3 is 0 Å². The molecular weight excluding hydrogens is 280 g/mol.